The van der Waals surface area contributed by atoms with Gasteiger partial charge < -0.3 is 0 Å². The topological polar surface area (TPSA) is 26.4 Å². The van der Waals surface area contributed by atoms with Crippen LogP contribution < -0.4 is 5.56 Å². The molecule has 0 fully saturated rings. The van der Waals surface area contributed by atoms with Gasteiger partial charge in [-0.1, -0.05) is 55.2 Å². The summed E-state index contributed by atoms with van der Waals surface area (Å²) in [7, 11) is 0. The first-order valence-electron chi connectivity index (χ1n) is 7.56. The van der Waals surface area contributed by atoms with E-state index < -0.39 is 5.56 Å². The maximum atomic E-state index is 13.0. The Balaban J connectivity index is 2.58. The molecule has 0 bridgehead atoms. The van der Waals surface area contributed by atoms with E-state index in [2.05, 4.69) is 34.6 Å². The van der Waals surface area contributed by atoms with Crippen molar-refractivity contribution in [1.82, 2.24) is 4.57 Å². The van der Waals surface area contributed by atoms with Gasteiger partial charge in [-0.2, -0.15) is 0 Å². The Morgan fingerprint density at radius 3 is 2.52 bits per heavy atom. The van der Waals surface area contributed by atoms with Crippen molar-refractivity contribution < 1.29 is 0 Å². The van der Waals surface area contributed by atoms with Crippen LogP contribution >= 0.6 is 39.1 Å². The second kappa shape index (κ2) is 6.84. The van der Waals surface area contributed by atoms with Crippen molar-refractivity contribution in [3.63, 3.8) is 0 Å². The number of hydrogen-bond donors (Lipinski definition) is 0. The third-order valence-corrected chi connectivity index (χ3v) is 5.62. The molecule has 1 heterocycles. The van der Waals surface area contributed by atoms with Crippen molar-refractivity contribution in [2.75, 3.05) is 0 Å². The fourth-order valence-corrected chi connectivity index (χ4v) is 3.62. The van der Waals surface area contributed by atoms with E-state index in [1.165, 1.54) is 0 Å². The number of pyridine rings is 1. The lowest BCUT2D eigenvalue weighted by Crippen LogP contribution is -2.20. The van der Waals surface area contributed by atoms with Crippen LogP contribution in [0.2, 0.25) is 10.0 Å². The molecule has 0 aliphatic carbocycles. The maximum Gasteiger partial charge on any atom is 0.269 e. The molecule has 3 nitrogen and oxygen atoms in total. The molecule has 0 saturated heterocycles. The summed E-state index contributed by atoms with van der Waals surface area (Å²) in [4.78, 5) is 16.4. The highest BCUT2D eigenvalue weighted by molar-refractivity contribution is 9.10. The van der Waals surface area contributed by atoms with E-state index in [0.717, 1.165) is 11.3 Å². The predicted molar refractivity (Wildman–Crippen MR) is 108 cm³/mol. The molecular weight excluding hydrogens is 423 g/mol. The molecular formula is C19H13BrCl2N2O. The molecule has 3 rings (SSSR count). The van der Waals surface area contributed by atoms with Gasteiger partial charge in [0.1, 0.15) is 0 Å². The number of rotatable bonds is 2. The van der Waals surface area contributed by atoms with Crippen LogP contribution in [0.3, 0.4) is 0 Å². The minimum absolute atomic E-state index is 0.105. The molecule has 25 heavy (non-hydrogen) atoms. The summed E-state index contributed by atoms with van der Waals surface area (Å²) in [6.07, 6.45) is 0. The summed E-state index contributed by atoms with van der Waals surface area (Å²) in [5.41, 5.74) is 1.81. The highest BCUT2D eigenvalue weighted by atomic mass is 79.9. The second-order valence-corrected chi connectivity index (χ2v) is 7.55. The fourth-order valence-electron chi connectivity index (χ4n) is 2.85. The van der Waals surface area contributed by atoms with Crippen molar-refractivity contribution in [3.05, 3.63) is 78.3 Å². The van der Waals surface area contributed by atoms with Crippen molar-refractivity contribution in [2.45, 2.75) is 19.8 Å². The van der Waals surface area contributed by atoms with Gasteiger partial charge in [0.15, 0.2) is 0 Å². The highest BCUT2D eigenvalue weighted by Gasteiger charge is 2.20. The molecule has 3 aromatic rings. The van der Waals surface area contributed by atoms with Crippen molar-refractivity contribution in [2.24, 2.45) is 0 Å². The molecule has 0 aliphatic heterocycles. The van der Waals surface area contributed by atoms with Gasteiger partial charge >= 0.3 is 0 Å². The van der Waals surface area contributed by atoms with Gasteiger partial charge in [-0.15, -0.1) is 0 Å². The first kappa shape index (κ1) is 18.0. The summed E-state index contributed by atoms with van der Waals surface area (Å²) in [5.74, 6) is 0.209. The fraction of sp³-hybridized carbons (Fsp3) is 0.158. The molecule has 1 aromatic heterocycles. The standard InChI is InChI=1S/C19H13BrCl2N2O/c1-10(2)11-6-4-5-7-15(11)24-16-9-13(20)14(21)8-12(16)17(22)18(23-3)19(24)25/h4-10H,1-2H3. The largest absolute Gasteiger partial charge is 0.285 e. The number of nitrogens with zero attached hydrogens (tertiary/aromatic N) is 2. The second-order valence-electron chi connectivity index (χ2n) is 5.91. The van der Waals surface area contributed by atoms with E-state index in [1.54, 1.807) is 16.7 Å². The van der Waals surface area contributed by atoms with Crippen LogP contribution in [0.25, 0.3) is 21.4 Å². The Bertz CT molecular complexity index is 1100. The van der Waals surface area contributed by atoms with Crippen LogP contribution in [-0.2, 0) is 0 Å². The number of benzene rings is 2. The average Bonchev–Trinajstić information content (AvgIpc) is 2.58. The van der Waals surface area contributed by atoms with Gasteiger partial charge in [0.05, 0.1) is 27.8 Å². The highest BCUT2D eigenvalue weighted by Crippen LogP contribution is 2.37. The number of para-hydroxylation sites is 1. The monoisotopic (exact) mass is 434 g/mol. The Kier molecular flexibility index (Phi) is 4.92. The Hall–Kier alpha value is -1.80. The lowest BCUT2D eigenvalue weighted by Gasteiger charge is -2.18. The van der Waals surface area contributed by atoms with E-state index in [-0.39, 0.29) is 16.6 Å². The summed E-state index contributed by atoms with van der Waals surface area (Å²) in [5, 5.41) is 1.16. The maximum absolute atomic E-state index is 13.0. The third kappa shape index (κ3) is 2.97. The minimum atomic E-state index is -0.435. The van der Waals surface area contributed by atoms with Crippen LogP contribution in [0.1, 0.15) is 25.3 Å². The lowest BCUT2D eigenvalue weighted by atomic mass is 10.0. The van der Waals surface area contributed by atoms with Crippen LogP contribution in [-0.4, -0.2) is 4.57 Å². The van der Waals surface area contributed by atoms with Crippen LogP contribution in [0, 0.1) is 6.57 Å². The molecule has 0 aliphatic rings. The lowest BCUT2D eigenvalue weighted by molar-refractivity contribution is 0.846. The van der Waals surface area contributed by atoms with Gasteiger partial charge in [-0.05, 0) is 45.6 Å². The smallest absolute Gasteiger partial charge is 0.269 e. The Morgan fingerprint density at radius 1 is 1.20 bits per heavy atom. The summed E-state index contributed by atoms with van der Waals surface area (Å²) >= 11 is 15.9. The normalized spacial score (nSPS) is 11.1. The quantitative estimate of drug-likeness (QED) is 0.409. The Morgan fingerprint density at radius 2 is 1.88 bits per heavy atom. The molecule has 0 N–H and O–H groups in total. The first-order chi connectivity index (χ1) is 11.9. The number of halogens is 3. The van der Waals surface area contributed by atoms with Crippen LogP contribution in [0.15, 0.2) is 45.7 Å². The zero-order valence-corrected chi connectivity index (χ0v) is 16.6. The van der Waals surface area contributed by atoms with Gasteiger partial charge in [-0.25, -0.2) is 4.85 Å². The summed E-state index contributed by atoms with van der Waals surface area (Å²) in [6, 6.07) is 11.1. The van der Waals surface area contributed by atoms with Crippen molar-refractivity contribution >= 4 is 55.7 Å². The minimum Gasteiger partial charge on any atom is -0.285 e. The van der Waals surface area contributed by atoms with Crippen molar-refractivity contribution in [1.29, 1.82) is 0 Å². The average molecular weight is 436 g/mol. The van der Waals surface area contributed by atoms with E-state index >= 15 is 0 Å². The number of hydrogen-bond acceptors (Lipinski definition) is 1. The van der Waals surface area contributed by atoms with Gasteiger partial charge in [0.2, 0.25) is 0 Å². The van der Waals surface area contributed by atoms with Crippen molar-refractivity contribution in [3.8, 4) is 5.69 Å². The van der Waals surface area contributed by atoms with E-state index in [9.17, 15) is 4.79 Å². The molecule has 0 atom stereocenters. The van der Waals surface area contributed by atoms with E-state index in [4.69, 9.17) is 29.8 Å². The Labute approximate surface area is 163 Å². The summed E-state index contributed by atoms with van der Waals surface area (Å²) < 4.78 is 2.20. The first-order valence-corrected chi connectivity index (χ1v) is 9.11. The summed E-state index contributed by atoms with van der Waals surface area (Å²) in [6.45, 7) is 11.5. The molecule has 0 unspecified atom stereocenters. The zero-order valence-electron chi connectivity index (χ0n) is 13.5. The third-order valence-electron chi connectivity index (χ3n) is 4.04. The molecule has 0 amide bonds. The number of fused-ring (bicyclic) bond motifs is 1. The molecule has 0 spiro atoms. The van der Waals surface area contributed by atoms with Gasteiger partial charge in [0.25, 0.3) is 11.2 Å². The van der Waals surface area contributed by atoms with Gasteiger partial charge in [-0.3, -0.25) is 9.36 Å². The van der Waals surface area contributed by atoms with Crippen LogP contribution in [0.4, 0.5) is 5.69 Å². The van der Waals surface area contributed by atoms with Gasteiger partial charge in [0, 0.05) is 9.86 Å². The van der Waals surface area contributed by atoms with Crippen LogP contribution in [0.5, 0.6) is 0 Å². The SMILES string of the molecule is [C-]#[N+]c1c(Cl)c2cc(Cl)c(Br)cc2n(-c2ccccc2C(C)C)c1=O. The predicted octanol–water partition coefficient (Wildman–Crippen LogP) is 6.73. The molecule has 2 aromatic carbocycles. The number of aromatic nitrogens is 1. The molecule has 0 radical (unpaired) electrons. The molecule has 0 saturated carbocycles. The zero-order chi connectivity index (χ0) is 18.3. The molecule has 126 valence electrons. The van der Waals surface area contributed by atoms with E-state index in [1.807, 2.05) is 24.3 Å². The molecule has 6 heteroatoms. The van der Waals surface area contributed by atoms with E-state index in [0.29, 0.717) is 20.4 Å².